The molecule has 3 aliphatic rings. The molecule has 1 saturated heterocycles. The highest BCUT2D eigenvalue weighted by molar-refractivity contribution is 6.23. The molecule has 4 heteroatoms. The predicted octanol–water partition coefficient (Wildman–Crippen LogP) is 2.79. The number of hydrogen-bond acceptors (Lipinski definition) is 3. The minimum Gasteiger partial charge on any atom is -0.491 e. The molecule has 0 spiro atoms. The summed E-state index contributed by atoms with van der Waals surface area (Å²) < 4.78 is 5.73. The summed E-state index contributed by atoms with van der Waals surface area (Å²) in [6.45, 7) is 2.61. The maximum absolute atomic E-state index is 12.8. The quantitative estimate of drug-likeness (QED) is 0.634. The second-order valence-corrected chi connectivity index (χ2v) is 6.33. The molecule has 1 saturated carbocycles. The predicted molar refractivity (Wildman–Crippen MR) is 82.4 cm³/mol. The number of hydrogen-bond donors (Lipinski definition) is 0. The molecular formula is C18H19NO3. The van der Waals surface area contributed by atoms with E-state index < -0.39 is 0 Å². The van der Waals surface area contributed by atoms with Crippen molar-refractivity contribution in [2.24, 2.45) is 23.7 Å². The Bertz CT molecular complexity index is 636. The largest absolute Gasteiger partial charge is 0.491 e. The first-order valence-electron chi connectivity index (χ1n) is 8.00. The second kappa shape index (κ2) is 4.97. The van der Waals surface area contributed by atoms with Gasteiger partial charge in [0.2, 0.25) is 11.8 Å². The summed E-state index contributed by atoms with van der Waals surface area (Å²) in [7, 11) is 0. The van der Waals surface area contributed by atoms with E-state index in [1.54, 1.807) is 6.07 Å². The third-order valence-electron chi connectivity index (χ3n) is 5.04. The number of benzene rings is 1. The van der Waals surface area contributed by atoms with E-state index in [-0.39, 0.29) is 35.5 Å². The van der Waals surface area contributed by atoms with Crippen molar-refractivity contribution in [2.75, 3.05) is 11.5 Å². The molecule has 0 N–H and O–H groups in total. The number of nitrogens with zero attached hydrogens (tertiary/aromatic N) is 1. The van der Waals surface area contributed by atoms with Gasteiger partial charge >= 0.3 is 0 Å². The molecular weight excluding hydrogens is 278 g/mol. The highest BCUT2D eigenvalue weighted by atomic mass is 16.5. The Hall–Kier alpha value is -2.10. The zero-order valence-corrected chi connectivity index (χ0v) is 12.6. The van der Waals surface area contributed by atoms with Gasteiger partial charge in [-0.25, -0.2) is 4.90 Å². The number of rotatable bonds is 4. The van der Waals surface area contributed by atoms with Crippen LogP contribution in [0.2, 0.25) is 0 Å². The molecule has 4 rings (SSSR count). The van der Waals surface area contributed by atoms with Crippen LogP contribution in [0.5, 0.6) is 5.75 Å². The van der Waals surface area contributed by atoms with Gasteiger partial charge in [0, 0.05) is 0 Å². The fourth-order valence-electron chi connectivity index (χ4n) is 4.12. The summed E-state index contributed by atoms with van der Waals surface area (Å²) in [6.07, 6.45) is 6.06. The summed E-state index contributed by atoms with van der Waals surface area (Å²) in [5, 5.41) is 0. The van der Waals surface area contributed by atoms with E-state index in [9.17, 15) is 9.59 Å². The Labute approximate surface area is 129 Å². The SMILES string of the molecule is CCCOc1ccccc1N1C(=O)[C@H]2[C@H](C1=O)[C@H]1C=C[C@@H]2C1. The number of fused-ring (bicyclic) bond motifs is 5. The third-order valence-corrected chi connectivity index (χ3v) is 5.04. The minimum atomic E-state index is -0.165. The molecule has 2 amide bonds. The molecule has 0 radical (unpaired) electrons. The molecule has 4 nitrogen and oxygen atoms in total. The molecule has 1 aromatic rings. The van der Waals surface area contributed by atoms with Crippen LogP contribution in [0.1, 0.15) is 19.8 Å². The lowest BCUT2D eigenvalue weighted by molar-refractivity contribution is -0.123. The molecule has 114 valence electrons. The van der Waals surface area contributed by atoms with E-state index in [4.69, 9.17) is 4.74 Å². The summed E-state index contributed by atoms with van der Waals surface area (Å²) >= 11 is 0. The number of carbonyl (C=O) groups is 2. The molecule has 2 bridgehead atoms. The van der Waals surface area contributed by atoms with Crippen LogP contribution in [-0.2, 0) is 9.59 Å². The molecule has 2 aliphatic carbocycles. The Morgan fingerprint density at radius 1 is 1.09 bits per heavy atom. The molecule has 0 unspecified atom stereocenters. The summed E-state index contributed by atoms with van der Waals surface area (Å²) in [5.41, 5.74) is 0.597. The fraction of sp³-hybridized carbons (Fsp3) is 0.444. The first-order chi connectivity index (χ1) is 10.7. The van der Waals surface area contributed by atoms with Crippen LogP contribution >= 0.6 is 0 Å². The average molecular weight is 297 g/mol. The minimum absolute atomic E-state index is 0.0561. The summed E-state index contributed by atoms with van der Waals surface area (Å²) in [5.74, 6) is 0.647. The maximum atomic E-state index is 12.8. The first-order valence-corrected chi connectivity index (χ1v) is 8.00. The number of ether oxygens (including phenoxy) is 1. The zero-order chi connectivity index (χ0) is 15.3. The number of imide groups is 1. The summed E-state index contributed by atoms with van der Waals surface area (Å²) in [6, 6.07) is 7.34. The van der Waals surface area contributed by atoms with E-state index in [2.05, 4.69) is 12.2 Å². The van der Waals surface area contributed by atoms with Gasteiger partial charge in [-0.05, 0) is 36.8 Å². The van der Waals surface area contributed by atoms with Crippen molar-refractivity contribution in [3.05, 3.63) is 36.4 Å². The lowest BCUT2D eigenvalue weighted by atomic mass is 9.85. The van der Waals surface area contributed by atoms with Gasteiger partial charge in [0.05, 0.1) is 24.1 Å². The van der Waals surface area contributed by atoms with E-state index in [0.29, 0.717) is 18.0 Å². The zero-order valence-electron chi connectivity index (χ0n) is 12.6. The van der Waals surface area contributed by atoms with Crippen LogP contribution in [0.4, 0.5) is 5.69 Å². The van der Waals surface area contributed by atoms with Crippen LogP contribution in [-0.4, -0.2) is 18.4 Å². The van der Waals surface area contributed by atoms with Crippen molar-refractivity contribution in [2.45, 2.75) is 19.8 Å². The van der Waals surface area contributed by atoms with Gasteiger partial charge < -0.3 is 4.74 Å². The van der Waals surface area contributed by atoms with Gasteiger partial charge in [0.1, 0.15) is 5.75 Å². The van der Waals surface area contributed by atoms with Crippen molar-refractivity contribution in [1.82, 2.24) is 0 Å². The highest BCUT2D eigenvalue weighted by Gasteiger charge is 2.59. The van der Waals surface area contributed by atoms with Crippen molar-refractivity contribution in [3.8, 4) is 5.75 Å². The standard InChI is InChI=1S/C18H19NO3/c1-2-9-22-14-6-4-3-5-13(14)19-17(20)15-11-7-8-12(10-11)16(15)18(19)21/h3-8,11-12,15-16H,2,9-10H2,1H3/t11-,12+,15-,16-/m1/s1. The van der Waals surface area contributed by atoms with Gasteiger partial charge in [0.25, 0.3) is 0 Å². The molecule has 1 heterocycles. The maximum Gasteiger partial charge on any atom is 0.238 e. The molecule has 22 heavy (non-hydrogen) atoms. The normalized spacial score (nSPS) is 32.0. The van der Waals surface area contributed by atoms with Gasteiger partial charge in [-0.1, -0.05) is 31.2 Å². The van der Waals surface area contributed by atoms with Gasteiger partial charge in [-0.2, -0.15) is 0 Å². The Morgan fingerprint density at radius 3 is 2.36 bits per heavy atom. The van der Waals surface area contributed by atoms with Crippen molar-refractivity contribution in [1.29, 1.82) is 0 Å². The van der Waals surface area contributed by atoms with Crippen molar-refractivity contribution in [3.63, 3.8) is 0 Å². The highest BCUT2D eigenvalue weighted by Crippen LogP contribution is 2.53. The second-order valence-electron chi connectivity index (χ2n) is 6.33. The molecule has 4 atom stereocenters. The van der Waals surface area contributed by atoms with E-state index >= 15 is 0 Å². The fourth-order valence-corrected chi connectivity index (χ4v) is 4.12. The van der Waals surface area contributed by atoms with Crippen molar-refractivity contribution >= 4 is 17.5 Å². The third kappa shape index (κ3) is 1.76. The Morgan fingerprint density at radius 2 is 1.73 bits per heavy atom. The average Bonchev–Trinajstić information content (AvgIpc) is 3.20. The Kier molecular flexibility index (Phi) is 3.06. The smallest absolute Gasteiger partial charge is 0.238 e. The number of anilines is 1. The molecule has 0 aromatic heterocycles. The van der Waals surface area contributed by atoms with E-state index in [1.165, 1.54) is 4.90 Å². The van der Waals surface area contributed by atoms with Gasteiger partial charge in [-0.3, -0.25) is 9.59 Å². The van der Waals surface area contributed by atoms with Gasteiger partial charge in [-0.15, -0.1) is 0 Å². The first kappa shape index (κ1) is 13.6. The number of allylic oxidation sites excluding steroid dienone is 2. The van der Waals surface area contributed by atoms with Crippen LogP contribution in [0.3, 0.4) is 0 Å². The van der Waals surface area contributed by atoms with Crippen molar-refractivity contribution < 1.29 is 14.3 Å². The van der Waals surface area contributed by atoms with Crippen LogP contribution in [0, 0.1) is 23.7 Å². The van der Waals surface area contributed by atoms with Crippen LogP contribution in [0.15, 0.2) is 36.4 Å². The molecule has 1 aromatic carbocycles. The lowest BCUT2D eigenvalue weighted by Crippen LogP contribution is -2.33. The molecule has 2 fully saturated rings. The number of carbonyl (C=O) groups excluding carboxylic acids is 2. The monoisotopic (exact) mass is 297 g/mol. The number of amides is 2. The topological polar surface area (TPSA) is 46.6 Å². The van der Waals surface area contributed by atoms with E-state index in [1.807, 2.05) is 25.1 Å². The lowest BCUT2D eigenvalue weighted by Gasteiger charge is -2.20. The molecule has 1 aliphatic heterocycles. The number of para-hydroxylation sites is 2. The Balaban J connectivity index is 1.70. The summed E-state index contributed by atoms with van der Waals surface area (Å²) in [4.78, 5) is 27.0. The van der Waals surface area contributed by atoms with Gasteiger partial charge in [0.15, 0.2) is 0 Å². The van der Waals surface area contributed by atoms with Crippen LogP contribution in [0.25, 0.3) is 0 Å². The van der Waals surface area contributed by atoms with Crippen LogP contribution < -0.4 is 9.64 Å². The van der Waals surface area contributed by atoms with E-state index in [0.717, 1.165) is 12.8 Å².